The Bertz CT molecular complexity index is 368. The molecular weight excluding hydrogens is 226 g/mol. The second-order valence-corrected chi connectivity index (χ2v) is 4.13. The van der Waals surface area contributed by atoms with Crippen molar-refractivity contribution in [2.24, 2.45) is 5.92 Å². The summed E-state index contributed by atoms with van der Waals surface area (Å²) in [4.78, 5) is 11.3. The van der Waals surface area contributed by atoms with Crippen molar-refractivity contribution >= 4 is 23.3 Å². The lowest BCUT2D eigenvalue weighted by Crippen LogP contribution is -2.30. The van der Waals surface area contributed by atoms with E-state index in [-0.39, 0.29) is 17.9 Å². The Morgan fingerprint density at radius 1 is 1.38 bits per heavy atom. The van der Waals surface area contributed by atoms with Crippen molar-refractivity contribution in [2.45, 2.75) is 19.9 Å². The molecular formula is C12H16ClNO2. The van der Waals surface area contributed by atoms with Crippen molar-refractivity contribution < 1.29 is 9.53 Å². The van der Waals surface area contributed by atoms with Crippen LogP contribution < -0.4 is 5.32 Å². The molecule has 3 nitrogen and oxygen atoms in total. The third-order valence-corrected chi connectivity index (χ3v) is 2.91. The topological polar surface area (TPSA) is 38.3 Å². The van der Waals surface area contributed by atoms with E-state index in [1.165, 1.54) is 7.11 Å². The molecule has 1 aromatic carbocycles. The molecule has 2 atom stereocenters. The lowest BCUT2D eigenvalue weighted by Gasteiger charge is -2.20. The van der Waals surface area contributed by atoms with Gasteiger partial charge in [0.25, 0.3) is 0 Å². The van der Waals surface area contributed by atoms with Crippen LogP contribution in [0.5, 0.6) is 0 Å². The number of hydrogen-bond donors (Lipinski definition) is 1. The fourth-order valence-electron chi connectivity index (χ4n) is 1.34. The van der Waals surface area contributed by atoms with E-state index in [0.717, 1.165) is 5.69 Å². The Hall–Kier alpha value is -1.22. The van der Waals surface area contributed by atoms with Crippen LogP contribution >= 0.6 is 11.6 Å². The number of esters is 1. The number of carbonyl (C=O) groups excluding carboxylic acids is 1. The summed E-state index contributed by atoms with van der Waals surface area (Å²) in [6.45, 7) is 3.74. The molecule has 2 unspecified atom stereocenters. The van der Waals surface area contributed by atoms with Gasteiger partial charge in [0.1, 0.15) is 0 Å². The largest absolute Gasteiger partial charge is 0.469 e. The Labute approximate surface area is 101 Å². The number of halogens is 1. The number of carbonyl (C=O) groups is 1. The fraction of sp³-hybridized carbons (Fsp3) is 0.417. The first kappa shape index (κ1) is 12.8. The minimum absolute atomic E-state index is 0.0349. The molecule has 1 aromatic rings. The summed E-state index contributed by atoms with van der Waals surface area (Å²) in [5.74, 6) is -0.451. The van der Waals surface area contributed by atoms with E-state index in [0.29, 0.717) is 5.02 Å². The van der Waals surface area contributed by atoms with Crippen molar-refractivity contribution in [3.63, 3.8) is 0 Å². The van der Waals surface area contributed by atoms with Gasteiger partial charge < -0.3 is 10.1 Å². The molecule has 0 aliphatic rings. The van der Waals surface area contributed by atoms with E-state index in [4.69, 9.17) is 11.6 Å². The van der Waals surface area contributed by atoms with Crippen LogP contribution in [0.25, 0.3) is 0 Å². The number of ether oxygens (including phenoxy) is 1. The molecule has 0 aliphatic carbocycles. The average Bonchev–Trinajstić information content (AvgIpc) is 2.30. The van der Waals surface area contributed by atoms with Crippen LogP contribution in [-0.2, 0) is 9.53 Å². The van der Waals surface area contributed by atoms with Gasteiger partial charge in [0.15, 0.2) is 0 Å². The first-order valence-corrected chi connectivity index (χ1v) is 5.53. The molecule has 0 fully saturated rings. The molecule has 1 rings (SSSR count). The monoisotopic (exact) mass is 241 g/mol. The number of nitrogens with one attached hydrogen (secondary N) is 1. The second kappa shape index (κ2) is 5.75. The minimum Gasteiger partial charge on any atom is -0.469 e. The molecule has 0 aromatic heterocycles. The Balaban J connectivity index is 2.68. The zero-order valence-electron chi connectivity index (χ0n) is 9.66. The SMILES string of the molecule is COC(=O)C(C)C(C)Nc1ccccc1Cl. The third kappa shape index (κ3) is 3.14. The van der Waals surface area contributed by atoms with Gasteiger partial charge in [-0.25, -0.2) is 0 Å². The standard InChI is InChI=1S/C12H16ClNO2/c1-8(12(15)16-3)9(2)14-11-7-5-4-6-10(11)13/h4-9,14H,1-3H3. The third-order valence-electron chi connectivity index (χ3n) is 2.58. The second-order valence-electron chi connectivity index (χ2n) is 3.72. The summed E-state index contributed by atoms with van der Waals surface area (Å²) in [7, 11) is 1.39. The molecule has 0 bridgehead atoms. The van der Waals surface area contributed by atoms with Gasteiger partial charge in [-0.2, -0.15) is 0 Å². The minimum atomic E-state index is -0.230. The van der Waals surface area contributed by atoms with Crippen molar-refractivity contribution in [3.8, 4) is 0 Å². The van der Waals surface area contributed by atoms with Crippen molar-refractivity contribution in [2.75, 3.05) is 12.4 Å². The average molecular weight is 242 g/mol. The van der Waals surface area contributed by atoms with Gasteiger partial charge in [-0.05, 0) is 26.0 Å². The molecule has 4 heteroatoms. The van der Waals surface area contributed by atoms with E-state index >= 15 is 0 Å². The van der Waals surface area contributed by atoms with Crippen LogP contribution in [0.15, 0.2) is 24.3 Å². The van der Waals surface area contributed by atoms with Gasteiger partial charge in [-0.3, -0.25) is 4.79 Å². The molecule has 0 saturated carbocycles. The Kier molecular flexibility index (Phi) is 4.62. The van der Waals surface area contributed by atoms with Crippen LogP contribution in [0.1, 0.15) is 13.8 Å². The van der Waals surface area contributed by atoms with E-state index in [9.17, 15) is 4.79 Å². The van der Waals surface area contributed by atoms with E-state index in [1.807, 2.05) is 32.0 Å². The van der Waals surface area contributed by atoms with Crippen LogP contribution in [0.3, 0.4) is 0 Å². The maximum Gasteiger partial charge on any atom is 0.310 e. The predicted molar refractivity (Wildman–Crippen MR) is 65.7 cm³/mol. The zero-order valence-corrected chi connectivity index (χ0v) is 10.4. The molecule has 1 N–H and O–H groups in total. The molecule has 88 valence electrons. The first-order chi connectivity index (χ1) is 7.56. The number of hydrogen-bond acceptors (Lipinski definition) is 3. The summed E-state index contributed by atoms with van der Waals surface area (Å²) < 4.78 is 4.69. The smallest absolute Gasteiger partial charge is 0.310 e. The maximum absolute atomic E-state index is 11.3. The van der Waals surface area contributed by atoms with E-state index in [2.05, 4.69) is 10.1 Å². The summed E-state index contributed by atoms with van der Waals surface area (Å²) in [6, 6.07) is 7.40. The van der Waals surface area contributed by atoms with E-state index < -0.39 is 0 Å². The summed E-state index contributed by atoms with van der Waals surface area (Å²) >= 11 is 6.01. The van der Waals surface area contributed by atoms with Gasteiger partial charge in [-0.15, -0.1) is 0 Å². The fourth-order valence-corrected chi connectivity index (χ4v) is 1.53. The number of para-hydroxylation sites is 1. The first-order valence-electron chi connectivity index (χ1n) is 5.15. The number of methoxy groups -OCH3 is 1. The van der Waals surface area contributed by atoms with Gasteiger partial charge in [0, 0.05) is 6.04 Å². The normalized spacial score (nSPS) is 14.0. The van der Waals surface area contributed by atoms with E-state index in [1.54, 1.807) is 6.07 Å². The molecule has 0 radical (unpaired) electrons. The number of anilines is 1. The van der Waals surface area contributed by atoms with Crippen LogP contribution in [0.2, 0.25) is 5.02 Å². The summed E-state index contributed by atoms with van der Waals surface area (Å²) in [5, 5.41) is 3.84. The quantitative estimate of drug-likeness (QED) is 0.824. The molecule has 0 spiro atoms. The van der Waals surface area contributed by atoms with Gasteiger partial charge in [-0.1, -0.05) is 23.7 Å². The molecule has 0 saturated heterocycles. The molecule has 0 heterocycles. The lowest BCUT2D eigenvalue weighted by atomic mass is 10.0. The lowest BCUT2D eigenvalue weighted by molar-refractivity contribution is -0.145. The molecule has 0 aliphatic heterocycles. The highest BCUT2D eigenvalue weighted by Crippen LogP contribution is 2.22. The highest BCUT2D eigenvalue weighted by Gasteiger charge is 2.20. The van der Waals surface area contributed by atoms with Crippen LogP contribution in [-0.4, -0.2) is 19.1 Å². The van der Waals surface area contributed by atoms with Gasteiger partial charge >= 0.3 is 5.97 Å². The molecule has 0 amide bonds. The Morgan fingerprint density at radius 3 is 2.56 bits per heavy atom. The highest BCUT2D eigenvalue weighted by molar-refractivity contribution is 6.33. The predicted octanol–water partition coefficient (Wildman–Crippen LogP) is 2.95. The summed E-state index contributed by atoms with van der Waals surface area (Å²) in [6.07, 6.45) is 0. The zero-order chi connectivity index (χ0) is 12.1. The van der Waals surface area contributed by atoms with Crippen molar-refractivity contribution in [3.05, 3.63) is 29.3 Å². The summed E-state index contributed by atoms with van der Waals surface area (Å²) in [5.41, 5.74) is 0.826. The maximum atomic E-state index is 11.3. The van der Waals surface area contributed by atoms with Crippen molar-refractivity contribution in [1.82, 2.24) is 0 Å². The van der Waals surface area contributed by atoms with Crippen LogP contribution in [0, 0.1) is 5.92 Å². The number of rotatable bonds is 4. The van der Waals surface area contributed by atoms with Gasteiger partial charge in [0.2, 0.25) is 0 Å². The Morgan fingerprint density at radius 2 is 2.00 bits per heavy atom. The van der Waals surface area contributed by atoms with Crippen LogP contribution in [0.4, 0.5) is 5.69 Å². The van der Waals surface area contributed by atoms with Gasteiger partial charge in [0.05, 0.1) is 23.7 Å². The molecule has 16 heavy (non-hydrogen) atoms. The number of benzene rings is 1. The highest BCUT2D eigenvalue weighted by atomic mass is 35.5. The van der Waals surface area contributed by atoms with Crippen molar-refractivity contribution in [1.29, 1.82) is 0 Å².